The Morgan fingerprint density at radius 1 is 1.14 bits per heavy atom. The molecule has 0 N–H and O–H groups in total. The van der Waals surface area contributed by atoms with E-state index in [1.165, 1.54) is 7.11 Å². The van der Waals surface area contributed by atoms with Gasteiger partial charge in [0.15, 0.2) is 0 Å². The Balaban J connectivity index is 1.43. The Bertz CT molecular complexity index is 858. The lowest BCUT2D eigenvalue weighted by Gasteiger charge is -2.38. The molecule has 0 bridgehead atoms. The van der Waals surface area contributed by atoms with Crippen molar-refractivity contribution < 1.29 is 17.9 Å². The van der Waals surface area contributed by atoms with Crippen molar-refractivity contribution in [3.05, 3.63) is 24.3 Å². The van der Waals surface area contributed by atoms with Crippen LogP contribution < -0.4 is 4.74 Å². The van der Waals surface area contributed by atoms with E-state index in [1.807, 2.05) is 11.9 Å². The van der Waals surface area contributed by atoms with Crippen molar-refractivity contribution in [2.24, 2.45) is 5.41 Å². The molecule has 3 fully saturated rings. The van der Waals surface area contributed by atoms with Crippen molar-refractivity contribution in [1.82, 2.24) is 14.1 Å². The standard InChI is InChI=1S/C21H31N3O4S/c1-22-16-21(15-19(22)20(25)23-10-3-4-11-23)8-12-24(13-9-21)29(26,27)18-7-5-6-17(14-18)28-2/h5-7,14,19H,3-4,8-13,15-16H2,1-2H3. The van der Waals surface area contributed by atoms with Crippen LogP contribution >= 0.6 is 0 Å². The van der Waals surface area contributed by atoms with Gasteiger partial charge in [-0.15, -0.1) is 0 Å². The molecule has 3 aliphatic rings. The summed E-state index contributed by atoms with van der Waals surface area (Å²) in [4.78, 5) is 17.4. The number of likely N-dealkylation sites (N-methyl/N-ethyl adjacent to an activating group) is 1. The quantitative estimate of drug-likeness (QED) is 0.741. The summed E-state index contributed by atoms with van der Waals surface area (Å²) in [6.07, 6.45) is 4.63. The molecule has 0 radical (unpaired) electrons. The molecule has 1 aromatic carbocycles. The van der Waals surface area contributed by atoms with E-state index in [1.54, 1.807) is 28.6 Å². The predicted octanol–water partition coefficient (Wildman–Crippen LogP) is 1.79. The van der Waals surface area contributed by atoms with Gasteiger partial charge in [0, 0.05) is 38.8 Å². The van der Waals surface area contributed by atoms with Gasteiger partial charge in [-0.1, -0.05) is 6.07 Å². The Hall–Kier alpha value is -1.64. The molecule has 1 amide bonds. The lowest BCUT2D eigenvalue weighted by Crippen LogP contribution is -2.44. The highest BCUT2D eigenvalue weighted by Crippen LogP contribution is 2.44. The van der Waals surface area contributed by atoms with Gasteiger partial charge in [-0.05, 0) is 56.7 Å². The molecule has 1 aromatic rings. The second-order valence-corrected chi connectivity index (χ2v) is 10.7. The zero-order chi connectivity index (χ0) is 20.6. The fourth-order valence-electron chi connectivity index (χ4n) is 5.17. The highest BCUT2D eigenvalue weighted by molar-refractivity contribution is 7.89. The number of benzene rings is 1. The first kappa shape index (κ1) is 20.6. The zero-order valence-electron chi connectivity index (χ0n) is 17.3. The number of likely N-dealkylation sites (tertiary alicyclic amines) is 2. The molecule has 7 nitrogen and oxygen atoms in total. The molecule has 0 aliphatic carbocycles. The maximum absolute atomic E-state index is 13.1. The van der Waals surface area contributed by atoms with Gasteiger partial charge >= 0.3 is 0 Å². The van der Waals surface area contributed by atoms with Crippen LogP contribution in [0.15, 0.2) is 29.2 Å². The van der Waals surface area contributed by atoms with Crippen LogP contribution in [0.2, 0.25) is 0 Å². The molecular formula is C21H31N3O4S. The Labute approximate surface area is 173 Å². The fraction of sp³-hybridized carbons (Fsp3) is 0.667. The summed E-state index contributed by atoms with van der Waals surface area (Å²) in [5, 5.41) is 0. The summed E-state index contributed by atoms with van der Waals surface area (Å²) in [7, 11) is 0.0363. The second-order valence-electron chi connectivity index (χ2n) is 8.75. The van der Waals surface area contributed by atoms with E-state index in [9.17, 15) is 13.2 Å². The van der Waals surface area contributed by atoms with Crippen LogP contribution in [0.25, 0.3) is 0 Å². The lowest BCUT2D eigenvalue weighted by atomic mass is 9.77. The predicted molar refractivity (Wildman–Crippen MR) is 110 cm³/mol. The van der Waals surface area contributed by atoms with Gasteiger partial charge in [0.1, 0.15) is 5.75 Å². The smallest absolute Gasteiger partial charge is 0.243 e. The number of methoxy groups -OCH3 is 1. The molecule has 1 unspecified atom stereocenters. The van der Waals surface area contributed by atoms with Gasteiger partial charge in [0.2, 0.25) is 15.9 Å². The number of carbonyl (C=O) groups is 1. The first-order valence-corrected chi connectivity index (χ1v) is 11.9. The van der Waals surface area contributed by atoms with E-state index in [-0.39, 0.29) is 22.3 Å². The number of sulfonamides is 1. The first-order chi connectivity index (χ1) is 13.8. The number of hydrogen-bond acceptors (Lipinski definition) is 5. The van der Waals surface area contributed by atoms with Crippen LogP contribution in [0.1, 0.15) is 32.1 Å². The molecule has 3 heterocycles. The number of amides is 1. The van der Waals surface area contributed by atoms with Gasteiger partial charge in [-0.2, -0.15) is 4.31 Å². The zero-order valence-corrected chi connectivity index (χ0v) is 18.2. The highest BCUT2D eigenvalue weighted by atomic mass is 32.2. The van der Waals surface area contributed by atoms with E-state index in [0.717, 1.165) is 51.7 Å². The third kappa shape index (κ3) is 3.90. The van der Waals surface area contributed by atoms with Crippen molar-refractivity contribution in [3.8, 4) is 5.75 Å². The number of carbonyl (C=O) groups excluding carboxylic acids is 1. The number of nitrogens with zero attached hydrogens (tertiary/aromatic N) is 3. The second kappa shape index (κ2) is 7.89. The molecule has 1 spiro atoms. The molecule has 160 valence electrons. The van der Waals surface area contributed by atoms with E-state index in [2.05, 4.69) is 4.90 Å². The van der Waals surface area contributed by atoms with Crippen LogP contribution in [0.3, 0.4) is 0 Å². The summed E-state index contributed by atoms with van der Waals surface area (Å²) >= 11 is 0. The number of rotatable bonds is 4. The first-order valence-electron chi connectivity index (χ1n) is 10.5. The van der Waals surface area contributed by atoms with E-state index >= 15 is 0 Å². The van der Waals surface area contributed by atoms with Gasteiger partial charge in [0.25, 0.3) is 0 Å². The topological polar surface area (TPSA) is 70.2 Å². The molecular weight excluding hydrogens is 390 g/mol. The van der Waals surface area contributed by atoms with Crippen LogP contribution in [0.4, 0.5) is 0 Å². The average molecular weight is 422 g/mol. The summed E-state index contributed by atoms with van der Waals surface area (Å²) in [6.45, 7) is 3.62. The van der Waals surface area contributed by atoms with Crippen molar-refractivity contribution in [2.75, 3.05) is 46.9 Å². The van der Waals surface area contributed by atoms with Crippen LogP contribution in [-0.2, 0) is 14.8 Å². The third-order valence-electron chi connectivity index (χ3n) is 6.91. The molecule has 3 aliphatic heterocycles. The van der Waals surface area contributed by atoms with Crippen molar-refractivity contribution in [1.29, 1.82) is 0 Å². The molecule has 4 rings (SSSR count). The van der Waals surface area contributed by atoms with Crippen molar-refractivity contribution in [3.63, 3.8) is 0 Å². The minimum atomic E-state index is -3.53. The van der Waals surface area contributed by atoms with Crippen LogP contribution in [0.5, 0.6) is 5.75 Å². The van der Waals surface area contributed by atoms with Gasteiger partial charge in [-0.25, -0.2) is 8.42 Å². The monoisotopic (exact) mass is 421 g/mol. The summed E-state index contributed by atoms with van der Waals surface area (Å²) < 4.78 is 32.9. The lowest BCUT2D eigenvalue weighted by molar-refractivity contribution is -0.134. The molecule has 1 atom stereocenters. The Morgan fingerprint density at radius 2 is 1.83 bits per heavy atom. The SMILES string of the molecule is COc1cccc(S(=O)(=O)N2CCC3(CC2)CC(C(=O)N2CCCC2)N(C)C3)c1. The van der Waals surface area contributed by atoms with Gasteiger partial charge in [0.05, 0.1) is 18.0 Å². The largest absolute Gasteiger partial charge is 0.497 e. The van der Waals surface area contributed by atoms with Gasteiger partial charge in [-0.3, -0.25) is 9.69 Å². The summed E-state index contributed by atoms with van der Waals surface area (Å²) in [5.41, 5.74) is 0.0369. The van der Waals surface area contributed by atoms with Crippen molar-refractivity contribution >= 4 is 15.9 Å². The van der Waals surface area contributed by atoms with Crippen LogP contribution in [-0.4, -0.2) is 81.4 Å². The minimum Gasteiger partial charge on any atom is -0.497 e. The van der Waals surface area contributed by atoms with E-state index in [4.69, 9.17) is 4.74 Å². The molecule has 0 aromatic heterocycles. The Morgan fingerprint density at radius 3 is 2.48 bits per heavy atom. The molecule has 0 saturated carbocycles. The fourth-order valence-corrected chi connectivity index (χ4v) is 6.64. The molecule has 3 saturated heterocycles. The van der Waals surface area contributed by atoms with E-state index in [0.29, 0.717) is 18.8 Å². The van der Waals surface area contributed by atoms with Gasteiger partial charge < -0.3 is 9.64 Å². The maximum atomic E-state index is 13.1. The molecule has 29 heavy (non-hydrogen) atoms. The minimum absolute atomic E-state index is 0.0369. The average Bonchev–Trinajstić information content (AvgIpc) is 3.36. The summed E-state index contributed by atoms with van der Waals surface area (Å²) in [5.74, 6) is 0.800. The van der Waals surface area contributed by atoms with Crippen molar-refractivity contribution in [2.45, 2.75) is 43.0 Å². The normalized spacial score (nSPS) is 25.6. The maximum Gasteiger partial charge on any atom is 0.243 e. The summed E-state index contributed by atoms with van der Waals surface area (Å²) in [6, 6.07) is 6.59. The third-order valence-corrected chi connectivity index (χ3v) is 8.80. The Kier molecular flexibility index (Phi) is 5.61. The highest BCUT2D eigenvalue weighted by Gasteiger charge is 2.48. The number of hydrogen-bond donors (Lipinski definition) is 0. The number of piperidine rings is 1. The number of ether oxygens (including phenoxy) is 1. The molecule has 8 heteroatoms. The van der Waals surface area contributed by atoms with E-state index < -0.39 is 10.0 Å². The van der Waals surface area contributed by atoms with Crippen LogP contribution in [0, 0.1) is 5.41 Å².